The molecule has 4 heteroatoms. The van der Waals surface area contributed by atoms with Crippen molar-refractivity contribution in [3.63, 3.8) is 0 Å². The molecule has 27 heavy (non-hydrogen) atoms. The molecule has 0 spiro atoms. The van der Waals surface area contributed by atoms with Crippen molar-refractivity contribution in [1.29, 1.82) is 5.26 Å². The zero-order valence-corrected chi connectivity index (χ0v) is 16.8. The Balaban J connectivity index is 1.85. The monoisotopic (exact) mass is 373 g/mol. The fourth-order valence-corrected chi connectivity index (χ4v) is 3.73. The molecule has 0 N–H and O–H groups in total. The molecule has 0 aliphatic carbocycles. The standard InChI is InChI=1S/C23H23N3S/c1-4-26(5-2)21-12-8-18(9-13-21)14-20(15-24)23-25-22(16-27-23)19-10-6-17(3)7-11-19/h6-14,16H,4-5H2,1-3H3. The van der Waals surface area contributed by atoms with Crippen molar-refractivity contribution in [2.24, 2.45) is 0 Å². The highest BCUT2D eigenvalue weighted by atomic mass is 32.1. The van der Waals surface area contributed by atoms with Crippen molar-refractivity contribution in [3.05, 3.63) is 70.0 Å². The number of hydrogen-bond donors (Lipinski definition) is 0. The molecule has 0 atom stereocenters. The summed E-state index contributed by atoms with van der Waals surface area (Å²) < 4.78 is 0. The van der Waals surface area contributed by atoms with Crippen molar-refractivity contribution < 1.29 is 0 Å². The van der Waals surface area contributed by atoms with Crippen LogP contribution in [0.3, 0.4) is 0 Å². The van der Waals surface area contributed by atoms with Crippen LogP contribution < -0.4 is 4.90 Å². The third-order valence-corrected chi connectivity index (χ3v) is 5.41. The first-order valence-corrected chi connectivity index (χ1v) is 10.0. The second kappa shape index (κ2) is 8.66. The molecule has 1 heterocycles. The second-order valence-corrected chi connectivity index (χ2v) is 7.20. The van der Waals surface area contributed by atoms with E-state index in [1.807, 2.05) is 11.5 Å². The van der Waals surface area contributed by atoms with Gasteiger partial charge in [0, 0.05) is 29.7 Å². The van der Waals surface area contributed by atoms with Gasteiger partial charge in [0.2, 0.25) is 0 Å². The minimum absolute atomic E-state index is 0.592. The number of thiazole rings is 1. The van der Waals surface area contributed by atoms with E-state index in [0.717, 1.165) is 34.9 Å². The van der Waals surface area contributed by atoms with Gasteiger partial charge in [-0.15, -0.1) is 11.3 Å². The van der Waals surface area contributed by atoms with E-state index in [1.165, 1.54) is 22.6 Å². The van der Waals surface area contributed by atoms with Crippen molar-refractivity contribution in [2.75, 3.05) is 18.0 Å². The van der Waals surface area contributed by atoms with Crippen molar-refractivity contribution in [1.82, 2.24) is 4.98 Å². The lowest BCUT2D eigenvalue weighted by Crippen LogP contribution is -2.21. The molecule has 0 aliphatic rings. The van der Waals surface area contributed by atoms with E-state index in [9.17, 15) is 5.26 Å². The molecule has 0 amide bonds. The smallest absolute Gasteiger partial charge is 0.134 e. The number of aromatic nitrogens is 1. The summed E-state index contributed by atoms with van der Waals surface area (Å²) in [6.45, 7) is 8.34. The van der Waals surface area contributed by atoms with Gasteiger partial charge in [0.25, 0.3) is 0 Å². The number of hydrogen-bond acceptors (Lipinski definition) is 4. The molecule has 136 valence electrons. The van der Waals surface area contributed by atoms with Crippen LogP contribution in [0.1, 0.15) is 30.0 Å². The van der Waals surface area contributed by atoms with Gasteiger partial charge in [-0.1, -0.05) is 42.0 Å². The Hall–Kier alpha value is -2.90. The van der Waals surface area contributed by atoms with Gasteiger partial charge in [-0.25, -0.2) is 4.98 Å². The van der Waals surface area contributed by atoms with Crippen molar-refractivity contribution in [2.45, 2.75) is 20.8 Å². The average molecular weight is 374 g/mol. The molecule has 3 aromatic rings. The fourth-order valence-electron chi connectivity index (χ4n) is 2.93. The normalized spacial score (nSPS) is 11.3. The molecule has 0 aliphatic heterocycles. The Labute approximate surface area is 165 Å². The van der Waals surface area contributed by atoms with Gasteiger partial charge >= 0.3 is 0 Å². The van der Waals surface area contributed by atoms with Gasteiger partial charge < -0.3 is 4.90 Å². The lowest BCUT2D eigenvalue weighted by molar-refractivity contribution is 0.866. The van der Waals surface area contributed by atoms with Crippen molar-refractivity contribution in [3.8, 4) is 17.3 Å². The van der Waals surface area contributed by atoms with Crippen LogP contribution in [0.5, 0.6) is 0 Å². The van der Waals surface area contributed by atoms with E-state index >= 15 is 0 Å². The molecule has 0 saturated heterocycles. The van der Waals surface area contributed by atoms with Gasteiger partial charge in [-0.2, -0.15) is 5.26 Å². The molecular weight excluding hydrogens is 350 g/mol. The highest BCUT2D eigenvalue weighted by Crippen LogP contribution is 2.27. The quantitative estimate of drug-likeness (QED) is 0.495. The highest BCUT2D eigenvalue weighted by Gasteiger charge is 2.09. The zero-order chi connectivity index (χ0) is 19.2. The van der Waals surface area contributed by atoms with Crippen LogP contribution >= 0.6 is 11.3 Å². The van der Waals surface area contributed by atoms with Gasteiger partial charge in [0.05, 0.1) is 11.3 Å². The Morgan fingerprint density at radius 3 is 2.33 bits per heavy atom. The molecule has 3 rings (SSSR count). The summed E-state index contributed by atoms with van der Waals surface area (Å²) in [4.78, 5) is 6.97. The number of rotatable bonds is 6. The topological polar surface area (TPSA) is 39.9 Å². The van der Waals surface area contributed by atoms with Crippen LogP contribution in [0.2, 0.25) is 0 Å². The number of nitriles is 1. The number of nitrogens with zero attached hydrogens (tertiary/aromatic N) is 3. The average Bonchev–Trinajstić information content (AvgIpc) is 3.18. The Kier molecular flexibility index (Phi) is 6.05. The lowest BCUT2D eigenvalue weighted by Gasteiger charge is -2.20. The fraction of sp³-hybridized carbons (Fsp3) is 0.217. The van der Waals surface area contributed by atoms with E-state index < -0.39 is 0 Å². The Bertz CT molecular complexity index is 956. The predicted octanol–water partition coefficient (Wildman–Crippen LogP) is 6.03. The first-order chi connectivity index (χ1) is 13.1. The molecule has 0 fully saturated rings. The third-order valence-electron chi connectivity index (χ3n) is 4.54. The molecule has 0 bridgehead atoms. The lowest BCUT2D eigenvalue weighted by atomic mass is 10.1. The van der Waals surface area contributed by atoms with Crippen LogP contribution in [0.25, 0.3) is 22.9 Å². The summed E-state index contributed by atoms with van der Waals surface area (Å²) in [5, 5.41) is 12.4. The summed E-state index contributed by atoms with van der Waals surface area (Å²) in [6, 6.07) is 18.9. The Morgan fingerprint density at radius 1 is 1.07 bits per heavy atom. The second-order valence-electron chi connectivity index (χ2n) is 6.34. The molecular formula is C23H23N3S. The van der Waals surface area contributed by atoms with E-state index in [-0.39, 0.29) is 0 Å². The van der Waals surface area contributed by atoms with Crippen molar-refractivity contribution >= 4 is 28.7 Å². The largest absolute Gasteiger partial charge is 0.372 e. The van der Waals surface area contributed by atoms with Crippen LogP contribution in [0, 0.1) is 18.3 Å². The molecule has 1 aromatic heterocycles. The first-order valence-electron chi connectivity index (χ1n) is 9.14. The van der Waals surface area contributed by atoms with Crippen LogP contribution in [0.15, 0.2) is 53.9 Å². The summed E-state index contributed by atoms with van der Waals surface area (Å²) in [6.07, 6.45) is 1.91. The maximum atomic E-state index is 9.62. The molecule has 0 unspecified atom stereocenters. The zero-order valence-electron chi connectivity index (χ0n) is 15.9. The molecule has 0 saturated carbocycles. The van der Waals surface area contributed by atoms with E-state index in [4.69, 9.17) is 0 Å². The minimum atomic E-state index is 0.592. The van der Waals surface area contributed by atoms with E-state index in [0.29, 0.717) is 5.57 Å². The number of anilines is 1. The van der Waals surface area contributed by atoms with E-state index in [1.54, 1.807) is 0 Å². The van der Waals surface area contributed by atoms with Crippen LogP contribution in [-0.4, -0.2) is 18.1 Å². The summed E-state index contributed by atoms with van der Waals surface area (Å²) in [5.41, 5.74) is 6.01. The molecule has 3 nitrogen and oxygen atoms in total. The van der Waals surface area contributed by atoms with Crippen LogP contribution in [-0.2, 0) is 0 Å². The highest BCUT2D eigenvalue weighted by molar-refractivity contribution is 7.11. The Morgan fingerprint density at radius 2 is 1.74 bits per heavy atom. The number of aryl methyl sites for hydroxylation is 1. The first kappa shape index (κ1) is 18.9. The predicted molar refractivity (Wildman–Crippen MR) is 116 cm³/mol. The maximum Gasteiger partial charge on any atom is 0.134 e. The van der Waals surface area contributed by atoms with E-state index in [2.05, 4.69) is 85.3 Å². The maximum absolute atomic E-state index is 9.62. The third kappa shape index (κ3) is 4.45. The van der Waals surface area contributed by atoms with Gasteiger partial charge in [-0.3, -0.25) is 0 Å². The van der Waals surface area contributed by atoms with Gasteiger partial charge in [0.1, 0.15) is 11.1 Å². The summed E-state index contributed by atoms with van der Waals surface area (Å²) in [5.74, 6) is 0. The molecule has 2 aromatic carbocycles. The summed E-state index contributed by atoms with van der Waals surface area (Å²) in [7, 11) is 0. The van der Waals surface area contributed by atoms with Crippen LogP contribution in [0.4, 0.5) is 5.69 Å². The molecule has 0 radical (unpaired) electrons. The minimum Gasteiger partial charge on any atom is -0.372 e. The van der Waals surface area contributed by atoms with Gasteiger partial charge in [0.15, 0.2) is 0 Å². The summed E-state index contributed by atoms with van der Waals surface area (Å²) >= 11 is 1.51. The number of benzene rings is 2. The number of allylic oxidation sites excluding steroid dienone is 1. The SMILES string of the molecule is CCN(CC)c1ccc(C=C(C#N)c2nc(-c3ccc(C)cc3)cs2)cc1. The van der Waals surface area contributed by atoms with Gasteiger partial charge in [-0.05, 0) is 44.5 Å².